The highest BCUT2D eigenvalue weighted by molar-refractivity contribution is 5.75. The van der Waals surface area contributed by atoms with Crippen LogP contribution in [0.25, 0.3) is 0 Å². The highest BCUT2D eigenvalue weighted by Crippen LogP contribution is 2.13. The van der Waals surface area contributed by atoms with Crippen LogP contribution in [0.15, 0.2) is 53.6 Å². The summed E-state index contributed by atoms with van der Waals surface area (Å²) in [4.78, 5) is 14.1. The summed E-state index contributed by atoms with van der Waals surface area (Å²) in [6.07, 6.45) is 4.47. The standard InChI is InChI=1S/C9H10O2.C3H3NO/c1-7(9(10)11)8-5-3-2-4-6-8;1-2-5-3-4-1/h2-7H,1H3,(H,10,11);1-3H. The van der Waals surface area contributed by atoms with Gasteiger partial charge in [-0.05, 0) is 12.5 Å². The molecule has 4 heteroatoms. The van der Waals surface area contributed by atoms with Gasteiger partial charge >= 0.3 is 5.97 Å². The Morgan fingerprint density at radius 1 is 1.38 bits per heavy atom. The number of hydrogen-bond acceptors (Lipinski definition) is 3. The number of carbonyl (C=O) groups is 1. The van der Waals surface area contributed by atoms with Crippen LogP contribution in [0.5, 0.6) is 0 Å². The predicted molar refractivity (Wildman–Crippen MR) is 59.0 cm³/mol. The van der Waals surface area contributed by atoms with Crippen LogP contribution in [-0.2, 0) is 4.79 Å². The summed E-state index contributed by atoms with van der Waals surface area (Å²) < 4.78 is 4.47. The minimum Gasteiger partial charge on any atom is -0.481 e. The molecule has 0 radical (unpaired) electrons. The Kier molecular flexibility index (Phi) is 4.79. The third-order valence-electron chi connectivity index (χ3n) is 2.02. The van der Waals surface area contributed by atoms with Crippen molar-refractivity contribution in [2.45, 2.75) is 12.8 Å². The van der Waals surface area contributed by atoms with Crippen molar-refractivity contribution < 1.29 is 14.3 Å². The van der Waals surface area contributed by atoms with Gasteiger partial charge in [0.2, 0.25) is 0 Å². The van der Waals surface area contributed by atoms with E-state index in [1.54, 1.807) is 13.1 Å². The van der Waals surface area contributed by atoms with Crippen LogP contribution in [0.4, 0.5) is 0 Å². The summed E-state index contributed by atoms with van der Waals surface area (Å²) in [6.45, 7) is 1.68. The first-order valence-corrected chi connectivity index (χ1v) is 4.81. The molecular formula is C12H13NO3. The molecule has 1 aromatic carbocycles. The van der Waals surface area contributed by atoms with E-state index in [-0.39, 0.29) is 0 Å². The van der Waals surface area contributed by atoms with Crippen molar-refractivity contribution in [3.05, 3.63) is 54.7 Å². The van der Waals surface area contributed by atoms with Gasteiger partial charge in [-0.3, -0.25) is 4.79 Å². The molecule has 2 aromatic rings. The summed E-state index contributed by atoms with van der Waals surface area (Å²) in [5.41, 5.74) is 0.847. The molecule has 0 bridgehead atoms. The van der Waals surface area contributed by atoms with Crippen molar-refractivity contribution in [2.24, 2.45) is 0 Å². The molecule has 0 saturated carbocycles. The van der Waals surface area contributed by atoms with E-state index in [1.807, 2.05) is 30.3 Å². The highest BCUT2D eigenvalue weighted by Gasteiger charge is 2.11. The predicted octanol–water partition coefficient (Wildman–Crippen LogP) is 2.55. The number of hydrogen-bond donors (Lipinski definition) is 1. The largest absolute Gasteiger partial charge is 0.481 e. The van der Waals surface area contributed by atoms with Crippen molar-refractivity contribution in [3.8, 4) is 0 Å². The number of rotatable bonds is 2. The van der Waals surface area contributed by atoms with Gasteiger partial charge < -0.3 is 9.52 Å². The maximum absolute atomic E-state index is 10.5. The number of benzene rings is 1. The van der Waals surface area contributed by atoms with Gasteiger partial charge in [-0.15, -0.1) is 0 Å². The molecule has 4 nitrogen and oxygen atoms in total. The van der Waals surface area contributed by atoms with E-state index < -0.39 is 11.9 Å². The highest BCUT2D eigenvalue weighted by atomic mass is 16.4. The minimum atomic E-state index is -0.781. The first kappa shape index (κ1) is 12.0. The average Bonchev–Trinajstić information content (AvgIpc) is 2.88. The number of nitrogens with zero attached hydrogens (tertiary/aromatic N) is 1. The Hall–Kier alpha value is -2.10. The summed E-state index contributed by atoms with van der Waals surface area (Å²) in [7, 11) is 0. The van der Waals surface area contributed by atoms with Gasteiger partial charge in [-0.2, -0.15) is 0 Å². The number of carboxylic acids is 1. The van der Waals surface area contributed by atoms with Crippen molar-refractivity contribution in [1.29, 1.82) is 0 Å². The second-order valence-corrected chi connectivity index (χ2v) is 3.15. The van der Waals surface area contributed by atoms with Gasteiger partial charge in [0.25, 0.3) is 0 Å². The summed E-state index contributed by atoms with van der Waals surface area (Å²) >= 11 is 0. The number of aliphatic carboxylic acids is 1. The molecule has 1 N–H and O–H groups in total. The summed E-state index contributed by atoms with van der Waals surface area (Å²) in [5, 5.41) is 8.64. The Labute approximate surface area is 93.6 Å². The normalized spacial score (nSPS) is 11.1. The molecule has 2 rings (SSSR count). The lowest BCUT2D eigenvalue weighted by molar-refractivity contribution is -0.138. The molecule has 0 aliphatic rings. The lowest BCUT2D eigenvalue weighted by Gasteiger charge is -2.04. The van der Waals surface area contributed by atoms with Crippen LogP contribution >= 0.6 is 0 Å². The number of oxazole rings is 1. The Morgan fingerprint density at radius 3 is 2.44 bits per heavy atom. The SMILES string of the molecule is CC(C(=O)O)c1ccccc1.c1cocn1. The number of carboxylic acid groups (broad SMARTS) is 1. The molecule has 0 saturated heterocycles. The van der Waals surface area contributed by atoms with E-state index in [0.717, 1.165) is 5.56 Å². The van der Waals surface area contributed by atoms with Gasteiger partial charge in [-0.1, -0.05) is 30.3 Å². The molecule has 0 fully saturated rings. The minimum absolute atomic E-state index is 0.406. The van der Waals surface area contributed by atoms with Crippen LogP contribution in [0, 0.1) is 0 Å². The Morgan fingerprint density at radius 2 is 2.06 bits per heavy atom. The fourth-order valence-corrected chi connectivity index (χ4v) is 1.06. The van der Waals surface area contributed by atoms with E-state index in [0.29, 0.717) is 0 Å². The van der Waals surface area contributed by atoms with Crippen LogP contribution in [0.3, 0.4) is 0 Å². The first-order valence-electron chi connectivity index (χ1n) is 4.81. The molecule has 16 heavy (non-hydrogen) atoms. The maximum atomic E-state index is 10.5. The van der Waals surface area contributed by atoms with Crippen LogP contribution in [0.2, 0.25) is 0 Å². The van der Waals surface area contributed by atoms with Gasteiger partial charge in [-0.25, -0.2) is 4.98 Å². The van der Waals surface area contributed by atoms with E-state index in [4.69, 9.17) is 5.11 Å². The zero-order chi connectivity index (χ0) is 11.8. The second kappa shape index (κ2) is 6.40. The average molecular weight is 219 g/mol. The second-order valence-electron chi connectivity index (χ2n) is 3.15. The monoisotopic (exact) mass is 219 g/mol. The summed E-state index contributed by atoms with van der Waals surface area (Å²) in [6, 6.07) is 9.19. The molecule has 0 spiro atoms. The van der Waals surface area contributed by atoms with E-state index in [9.17, 15) is 4.79 Å². The van der Waals surface area contributed by atoms with Gasteiger partial charge in [0.05, 0.1) is 12.1 Å². The van der Waals surface area contributed by atoms with Crippen LogP contribution < -0.4 is 0 Å². The molecule has 1 heterocycles. The molecule has 0 amide bonds. The molecular weight excluding hydrogens is 206 g/mol. The quantitative estimate of drug-likeness (QED) is 0.843. The molecule has 84 valence electrons. The summed E-state index contributed by atoms with van der Waals surface area (Å²) in [5.74, 6) is -1.19. The van der Waals surface area contributed by atoms with Gasteiger partial charge in [0, 0.05) is 0 Å². The van der Waals surface area contributed by atoms with Crippen LogP contribution in [0.1, 0.15) is 18.4 Å². The fraction of sp³-hybridized carbons (Fsp3) is 0.167. The number of aromatic nitrogens is 1. The smallest absolute Gasteiger partial charge is 0.310 e. The molecule has 1 unspecified atom stereocenters. The first-order chi connectivity index (χ1) is 7.72. The third kappa shape index (κ3) is 3.96. The molecule has 1 atom stereocenters. The Balaban J connectivity index is 0.000000212. The van der Waals surface area contributed by atoms with Gasteiger partial charge in [0.15, 0.2) is 6.39 Å². The topological polar surface area (TPSA) is 63.3 Å². The third-order valence-corrected chi connectivity index (χ3v) is 2.02. The fourth-order valence-electron chi connectivity index (χ4n) is 1.06. The van der Waals surface area contributed by atoms with Crippen LogP contribution in [-0.4, -0.2) is 16.1 Å². The van der Waals surface area contributed by atoms with Crippen molar-refractivity contribution in [3.63, 3.8) is 0 Å². The zero-order valence-electron chi connectivity index (χ0n) is 8.91. The van der Waals surface area contributed by atoms with Crippen molar-refractivity contribution >= 4 is 5.97 Å². The van der Waals surface area contributed by atoms with E-state index >= 15 is 0 Å². The lowest BCUT2D eigenvalue weighted by atomic mass is 10.0. The van der Waals surface area contributed by atoms with Crippen molar-refractivity contribution in [1.82, 2.24) is 4.98 Å². The zero-order valence-corrected chi connectivity index (χ0v) is 8.91. The molecule has 0 aliphatic carbocycles. The maximum Gasteiger partial charge on any atom is 0.310 e. The molecule has 0 aliphatic heterocycles. The van der Waals surface area contributed by atoms with Gasteiger partial charge in [0.1, 0.15) is 6.26 Å². The van der Waals surface area contributed by atoms with Crippen molar-refractivity contribution in [2.75, 3.05) is 0 Å². The Bertz CT molecular complexity index is 380. The molecule has 1 aromatic heterocycles. The van der Waals surface area contributed by atoms with E-state index in [2.05, 4.69) is 9.40 Å². The van der Waals surface area contributed by atoms with E-state index in [1.165, 1.54) is 12.7 Å². The lowest BCUT2D eigenvalue weighted by Crippen LogP contribution is -2.06.